The molecule has 2 rings (SSSR count). The Morgan fingerprint density at radius 2 is 2.05 bits per heavy atom. The number of nitrogens with zero attached hydrogens (tertiary/aromatic N) is 1. The summed E-state index contributed by atoms with van der Waals surface area (Å²) in [6.07, 6.45) is 0. The van der Waals surface area contributed by atoms with E-state index in [-0.39, 0.29) is 23.6 Å². The average molecular weight is 308 g/mol. The SMILES string of the molecule is O=C(O)c1cc([N+](=O)[O-])ccc1OCc1cccc(Cl)c1. The van der Waals surface area contributed by atoms with E-state index in [2.05, 4.69) is 0 Å². The third kappa shape index (κ3) is 3.70. The van der Waals surface area contributed by atoms with Gasteiger partial charge in [0, 0.05) is 17.2 Å². The minimum absolute atomic E-state index is 0.0630. The fourth-order valence-corrected chi connectivity index (χ4v) is 1.93. The molecule has 2 aromatic carbocycles. The zero-order chi connectivity index (χ0) is 15.4. The third-order valence-corrected chi connectivity index (χ3v) is 2.92. The first-order valence-corrected chi connectivity index (χ1v) is 6.24. The molecule has 0 aliphatic heterocycles. The van der Waals surface area contributed by atoms with E-state index < -0.39 is 10.9 Å². The molecule has 0 spiro atoms. The molecule has 0 unspecified atom stereocenters. The minimum atomic E-state index is -1.29. The van der Waals surface area contributed by atoms with E-state index in [0.717, 1.165) is 11.6 Å². The second kappa shape index (κ2) is 6.23. The number of rotatable bonds is 5. The lowest BCUT2D eigenvalue weighted by Crippen LogP contribution is -2.04. The third-order valence-electron chi connectivity index (χ3n) is 2.69. The molecule has 21 heavy (non-hydrogen) atoms. The van der Waals surface area contributed by atoms with Gasteiger partial charge in [-0.15, -0.1) is 0 Å². The van der Waals surface area contributed by atoms with Crippen molar-refractivity contribution in [2.75, 3.05) is 0 Å². The van der Waals surface area contributed by atoms with E-state index in [0.29, 0.717) is 5.02 Å². The van der Waals surface area contributed by atoms with Crippen molar-refractivity contribution in [3.63, 3.8) is 0 Å². The maximum Gasteiger partial charge on any atom is 0.339 e. The highest BCUT2D eigenvalue weighted by Gasteiger charge is 2.17. The number of benzene rings is 2. The van der Waals surface area contributed by atoms with Gasteiger partial charge < -0.3 is 9.84 Å². The number of nitro benzene ring substituents is 1. The van der Waals surface area contributed by atoms with Crippen molar-refractivity contribution in [1.29, 1.82) is 0 Å². The van der Waals surface area contributed by atoms with E-state index in [4.69, 9.17) is 21.4 Å². The number of aromatic carboxylic acids is 1. The van der Waals surface area contributed by atoms with Crippen molar-refractivity contribution in [3.05, 3.63) is 68.7 Å². The highest BCUT2D eigenvalue weighted by molar-refractivity contribution is 6.30. The molecule has 0 bridgehead atoms. The molecule has 0 atom stereocenters. The van der Waals surface area contributed by atoms with Gasteiger partial charge in [0.25, 0.3) is 5.69 Å². The lowest BCUT2D eigenvalue weighted by atomic mass is 10.1. The van der Waals surface area contributed by atoms with Crippen molar-refractivity contribution in [3.8, 4) is 5.75 Å². The smallest absolute Gasteiger partial charge is 0.339 e. The molecule has 0 aromatic heterocycles. The molecule has 0 amide bonds. The number of non-ortho nitro benzene ring substituents is 1. The van der Waals surface area contributed by atoms with Crippen LogP contribution in [0.1, 0.15) is 15.9 Å². The van der Waals surface area contributed by atoms with Gasteiger partial charge in [0.05, 0.1) is 4.92 Å². The number of carboxylic acid groups (broad SMARTS) is 1. The number of hydrogen-bond donors (Lipinski definition) is 1. The Morgan fingerprint density at radius 1 is 1.29 bits per heavy atom. The van der Waals surface area contributed by atoms with Crippen LogP contribution in [0, 0.1) is 10.1 Å². The molecule has 0 radical (unpaired) electrons. The second-order valence-corrected chi connectivity index (χ2v) is 4.60. The Morgan fingerprint density at radius 3 is 2.67 bits per heavy atom. The van der Waals surface area contributed by atoms with E-state index >= 15 is 0 Å². The molecule has 1 N–H and O–H groups in total. The van der Waals surface area contributed by atoms with Crippen LogP contribution in [0.25, 0.3) is 0 Å². The summed E-state index contributed by atoms with van der Waals surface area (Å²) in [6.45, 7) is 0.110. The summed E-state index contributed by atoms with van der Waals surface area (Å²) in [5.74, 6) is -1.23. The van der Waals surface area contributed by atoms with E-state index in [1.807, 2.05) is 0 Å². The zero-order valence-electron chi connectivity index (χ0n) is 10.7. The van der Waals surface area contributed by atoms with Crippen molar-refractivity contribution < 1.29 is 19.6 Å². The molecule has 0 aliphatic rings. The van der Waals surface area contributed by atoms with Gasteiger partial charge in [-0.2, -0.15) is 0 Å². The lowest BCUT2D eigenvalue weighted by molar-refractivity contribution is -0.384. The normalized spacial score (nSPS) is 10.1. The first-order chi connectivity index (χ1) is 9.97. The minimum Gasteiger partial charge on any atom is -0.488 e. The molecule has 0 fully saturated rings. The Bertz CT molecular complexity index is 702. The van der Waals surface area contributed by atoms with Gasteiger partial charge in [-0.25, -0.2) is 4.79 Å². The van der Waals surface area contributed by atoms with Crippen molar-refractivity contribution in [2.45, 2.75) is 6.61 Å². The summed E-state index contributed by atoms with van der Waals surface area (Å²) in [5, 5.41) is 20.3. The van der Waals surface area contributed by atoms with Gasteiger partial charge >= 0.3 is 5.97 Å². The molecular weight excluding hydrogens is 298 g/mol. The fraction of sp³-hybridized carbons (Fsp3) is 0.0714. The van der Waals surface area contributed by atoms with Crippen molar-refractivity contribution >= 4 is 23.3 Å². The van der Waals surface area contributed by atoms with Crippen LogP contribution in [0.15, 0.2) is 42.5 Å². The van der Waals surface area contributed by atoms with Crippen LogP contribution in [0.5, 0.6) is 5.75 Å². The van der Waals surface area contributed by atoms with Gasteiger partial charge in [0.1, 0.15) is 17.9 Å². The van der Waals surface area contributed by atoms with Crippen molar-refractivity contribution in [2.24, 2.45) is 0 Å². The summed E-state index contributed by atoms with van der Waals surface area (Å²) in [5.41, 5.74) is 0.200. The number of carbonyl (C=O) groups is 1. The zero-order valence-corrected chi connectivity index (χ0v) is 11.4. The topological polar surface area (TPSA) is 89.7 Å². The highest BCUT2D eigenvalue weighted by atomic mass is 35.5. The van der Waals surface area contributed by atoms with Gasteiger partial charge in [-0.05, 0) is 23.8 Å². The van der Waals surface area contributed by atoms with Crippen molar-refractivity contribution in [1.82, 2.24) is 0 Å². The summed E-state index contributed by atoms with van der Waals surface area (Å²) < 4.78 is 5.41. The molecule has 0 heterocycles. The van der Waals surface area contributed by atoms with E-state index in [1.165, 1.54) is 12.1 Å². The van der Waals surface area contributed by atoms with Gasteiger partial charge in [-0.1, -0.05) is 23.7 Å². The number of nitro groups is 1. The summed E-state index contributed by atoms with van der Waals surface area (Å²) in [7, 11) is 0. The fourth-order valence-electron chi connectivity index (χ4n) is 1.71. The van der Waals surface area contributed by atoms with Crippen LogP contribution in [0.4, 0.5) is 5.69 Å². The average Bonchev–Trinajstić information content (AvgIpc) is 2.44. The van der Waals surface area contributed by atoms with Gasteiger partial charge in [0.2, 0.25) is 0 Å². The monoisotopic (exact) mass is 307 g/mol. The predicted molar refractivity (Wildman–Crippen MR) is 75.8 cm³/mol. The van der Waals surface area contributed by atoms with Crippen LogP contribution in [-0.4, -0.2) is 16.0 Å². The molecular formula is C14H10ClNO5. The maximum absolute atomic E-state index is 11.1. The number of ether oxygens (including phenoxy) is 1. The molecule has 2 aromatic rings. The summed E-state index contributed by atoms with van der Waals surface area (Å²) in [6, 6.07) is 10.3. The summed E-state index contributed by atoms with van der Waals surface area (Å²) in [4.78, 5) is 21.1. The van der Waals surface area contributed by atoms with Gasteiger partial charge in [-0.3, -0.25) is 10.1 Å². The Hall–Kier alpha value is -2.60. The van der Waals surface area contributed by atoms with Crippen LogP contribution in [0.2, 0.25) is 5.02 Å². The Labute approximate surface area is 124 Å². The highest BCUT2D eigenvalue weighted by Crippen LogP contribution is 2.25. The number of hydrogen-bond acceptors (Lipinski definition) is 4. The van der Waals surface area contributed by atoms with Crippen LogP contribution >= 0.6 is 11.6 Å². The molecule has 7 heteroatoms. The quantitative estimate of drug-likeness (QED) is 0.674. The Kier molecular flexibility index (Phi) is 4.39. The van der Waals surface area contributed by atoms with Gasteiger partial charge in [0.15, 0.2) is 0 Å². The van der Waals surface area contributed by atoms with Crippen LogP contribution in [-0.2, 0) is 6.61 Å². The molecule has 0 saturated heterocycles. The van der Waals surface area contributed by atoms with Crippen LogP contribution in [0.3, 0.4) is 0 Å². The lowest BCUT2D eigenvalue weighted by Gasteiger charge is -2.09. The number of halogens is 1. The first-order valence-electron chi connectivity index (χ1n) is 5.86. The van der Waals surface area contributed by atoms with Crippen LogP contribution < -0.4 is 4.74 Å². The van der Waals surface area contributed by atoms with E-state index in [9.17, 15) is 14.9 Å². The standard InChI is InChI=1S/C14H10ClNO5/c15-10-3-1-2-9(6-10)8-21-13-5-4-11(16(19)20)7-12(13)14(17)18/h1-7H,8H2,(H,17,18). The maximum atomic E-state index is 11.1. The molecule has 0 saturated carbocycles. The van der Waals surface area contributed by atoms with E-state index in [1.54, 1.807) is 24.3 Å². The largest absolute Gasteiger partial charge is 0.488 e. The first kappa shape index (κ1) is 14.8. The molecule has 6 nitrogen and oxygen atoms in total. The predicted octanol–water partition coefficient (Wildman–Crippen LogP) is 3.53. The molecule has 108 valence electrons. The number of carboxylic acids is 1. The molecule has 0 aliphatic carbocycles. The second-order valence-electron chi connectivity index (χ2n) is 4.16. The summed E-state index contributed by atoms with van der Waals surface area (Å²) >= 11 is 5.84. The Balaban J connectivity index is 2.23.